The van der Waals surface area contributed by atoms with Gasteiger partial charge >= 0.3 is 0 Å². The van der Waals surface area contributed by atoms with E-state index in [1.807, 2.05) is 23.7 Å². The van der Waals surface area contributed by atoms with Crippen LogP contribution in [0.4, 0.5) is 4.39 Å². The van der Waals surface area contributed by atoms with Gasteiger partial charge in [-0.25, -0.2) is 14.4 Å². The van der Waals surface area contributed by atoms with Gasteiger partial charge in [0.25, 0.3) is 0 Å². The fourth-order valence-electron chi connectivity index (χ4n) is 2.38. The van der Waals surface area contributed by atoms with E-state index in [4.69, 9.17) is 0 Å². The van der Waals surface area contributed by atoms with E-state index in [1.54, 1.807) is 35.9 Å². The van der Waals surface area contributed by atoms with Crippen LogP contribution >= 0.6 is 11.3 Å². The Balaban J connectivity index is 1.94. The summed E-state index contributed by atoms with van der Waals surface area (Å²) >= 11 is 1.57. The first kappa shape index (κ1) is 12.2. The van der Waals surface area contributed by atoms with Crippen molar-refractivity contribution in [2.24, 2.45) is 0 Å². The van der Waals surface area contributed by atoms with Gasteiger partial charge in [-0.3, -0.25) is 0 Å². The zero-order valence-electron chi connectivity index (χ0n) is 10.9. The Morgan fingerprint density at radius 1 is 1.10 bits per heavy atom. The minimum absolute atomic E-state index is 0.245. The smallest absolute Gasteiger partial charge is 0.137 e. The maximum atomic E-state index is 13.9. The molecule has 0 amide bonds. The molecular formula is C16H10FN3S. The van der Waals surface area contributed by atoms with Gasteiger partial charge in [-0.2, -0.15) is 0 Å². The van der Waals surface area contributed by atoms with Gasteiger partial charge in [0.2, 0.25) is 0 Å². The van der Waals surface area contributed by atoms with E-state index < -0.39 is 0 Å². The molecule has 0 saturated carbocycles. The van der Waals surface area contributed by atoms with Gasteiger partial charge in [0, 0.05) is 46.0 Å². The molecule has 0 unspecified atom stereocenters. The molecule has 4 rings (SSSR count). The second kappa shape index (κ2) is 4.79. The first-order valence-electron chi connectivity index (χ1n) is 6.45. The quantitative estimate of drug-likeness (QED) is 0.592. The van der Waals surface area contributed by atoms with Crippen molar-refractivity contribution in [1.29, 1.82) is 0 Å². The van der Waals surface area contributed by atoms with Gasteiger partial charge in [0.15, 0.2) is 0 Å². The Hall–Kier alpha value is -2.53. The van der Waals surface area contributed by atoms with Crippen LogP contribution in [-0.2, 0) is 0 Å². The number of halogens is 1. The Labute approximate surface area is 124 Å². The lowest BCUT2D eigenvalue weighted by Crippen LogP contribution is -1.86. The summed E-state index contributed by atoms with van der Waals surface area (Å²) in [6.07, 6.45) is 5.34. The molecule has 3 aromatic heterocycles. The normalized spacial score (nSPS) is 11.1. The number of pyridine rings is 1. The Bertz CT molecular complexity index is 912. The molecule has 3 heterocycles. The van der Waals surface area contributed by atoms with Gasteiger partial charge in [-0.1, -0.05) is 18.2 Å². The topological polar surface area (TPSA) is 41.6 Å². The molecule has 0 fully saturated rings. The van der Waals surface area contributed by atoms with Gasteiger partial charge in [-0.15, -0.1) is 11.3 Å². The molecule has 0 spiro atoms. The summed E-state index contributed by atoms with van der Waals surface area (Å²) in [6.45, 7) is 0. The van der Waals surface area contributed by atoms with Crippen molar-refractivity contribution >= 4 is 22.4 Å². The molecule has 0 saturated heterocycles. The van der Waals surface area contributed by atoms with Crippen LogP contribution in [0.2, 0.25) is 0 Å². The molecule has 0 aliphatic heterocycles. The number of thiazole rings is 1. The average Bonchev–Trinajstić information content (AvgIpc) is 3.16. The Morgan fingerprint density at radius 3 is 2.81 bits per heavy atom. The summed E-state index contributed by atoms with van der Waals surface area (Å²) in [4.78, 5) is 11.8. The SMILES string of the molecule is Fc1ccccc1-c1cnc2[nH]cc(-c3nccs3)c2c1. The zero-order valence-corrected chi connectivity index (χ0v) is 11.7. The van der Waals surface area contributed by atoms with E-state index in [0.29, 0.717) is 5.56 Å². The molecule has 21 heavy (non-hydrogen) atoms. The zero-order chi connectivity index (χ0) is 14.2. The molecule has 0 aliphatic carbocycles. The minimum atomic E-state index is -0.245. The van der Waals surface area contributed by atoms with Gasteiger partial charge in [0.05, 0.1) is 0 Å². The third kappa shape index (κ3) is 2.02. The van der Waals surface area contributed by atoms with Crippen molar-refractivity contribution in [2.75, 3.05) is 0 Å². The van der Waals surface area contributed by atoms with E-state index in [-0.39, 0.29) is 5.82 Å². The van der Waals surface area contributed by atoms with Crippen LogP contribution in [0.3, 0.4) is 0 Å². The van der Waals surface area contributed by atoms with Crippen LogP contribution < -0.4 is 0 Å². The van der Waals surface area contributed by atoms with Crippen molar-refractivity contribution < 1.29 is 4.39 Å². The average molecular weight is 295 g/mol. The number of aromatic nitrogens is 3. The summed E-state index contributed by atoms with van der Waals surface area (Å²) in [5.74, 6) is -0.245. The van der Waals surface area contributed by atoms with E-state index in [0.717, 1.165) is 27.2 Å². The summed E-state index contributed by atoms with van der Waals surface area (Å²) in [6, 6.07) is 8.67. The highest BCUT2D eigenvalue weighted by Crippen LogP contribution is 2.32. The molecule has 0 radical (unpaired) electrons. The first-order chi connectivity index (χ1) is 10.3. The summed E-state index contributed by atoms with van der Waals surface area (Å²) in [5, 5.41) is 3.81. The maximum absolute atomic E-state index is 13.9. The van der Waals surface area contributed by atoms with Crippen molar-refractivity contribution in [3.05, 3.63) is 60.1 Å². The fraction of sp³-hybridized carbons (Fsp3) is 0. The molecule has 0 bridgehead atoms. The van der Waals surface area contributed by atoms with Crippen LogP contribution in [0.1, 0.15) is 0 Å². The van der Waals surface area contributed by atoms with Gasteiger partial charge in [-0.05, 0) is 12.1 Å². The molecule has 1 N–H and O–H groups in total. The number of aromatic amines is 1. The number of benzene rings is 1. The summed E-state index contributed by atoms with van der Waals surface area (Å²) in [7, 11) is 0. The highest BCUT2D eigenvalue weighted by Gasteiger charge is 2.12. The molecule has 1 aromatic carbocycles. The van der Waals surface area contributed by atoms with Crippen LogP contribution in [0.15, 0.2) is 54.3 Å². The standard InChI is InChI=1S/C16H10FN3S/c17-14-4-2-1-3-11(14)10-7-12-13(16-18-5-6-21-16)9-20-15(12)19-8-10/h1-9H,(H,19,20). The number of fused-ring (bicyclic) bond motifs is 1. The van der Waals surface area contributed by atoms with E-state index in [1.165, 1.54) is 6.07 Å². The number of H-pyrrole nitrogens is 1. The molecular weight excluding hydrogens is 285 g/mol. The third-order valence-corrected chi connectivity index (χ3v) is 4.19. The molecule has 0 atom stereocenters. The molecule has 0 aliphatic rings. The molecule has 102 valence electrons. The first-order valence-corrected chi connectivity index (χ1v) is 7.33. The Kier molecular flexibility index (Phi) is 2.79. The number of hydrogen-bond donors (Lipinski definition) is 1. The molecule has 4 aromatic rings. The minimum Gasteiger partial charge on any atom is -0.345 e. The predicted octanol–water partition coefficient (Wildman–Crippen LogP) is 4.49. The van der Waals surface area contributed by atoms with Gasteiger partial charge in [0.1, 0.15) is 16.5 Å². The van der Waals surface area contributed by atoms with Crippen LogP contribution in [0.25, 0.3) is 32.7 Å². The number of rotatable bonds is 2. The van der Waals surface area contributed by atoms with Crippen molar-refractivity contribution in [3.63, 3.8) is 0 Å². The highest BCUT2D eigenvalue weighted by atomic mass is 32.1. The lowest BCUT2D eigenvalue weighted by molar-refractivity contribution is 0.631. The van der Waals surface area contributed by atoms with Crippen LogP contribution in [0, 0.1) is 5.82 Å². The maximum Gasteiger partial charge on any atom is 0.137 e. The summed E-state index contributed by atoms with van der Waals surface area (Å²) in [5.41, 5.74) is 3.09. The predicted molar refractivity (Wildman–Crippen MR) is 82.6 cm³/mol. The Morgan fingerprint density at radius 2 is 2.00 bits per heavy atom. The molecule has 5 heteroatoms. The largest absolute Gasteiger partial charge is 0.345 e. The van der Waals surface area contributed by atoms with Crippen LogP contribution in [-0.4, -0.2) is 15.0 Å². The lowest BCUT2D eigenvalue weighted by atomic mass is 10.1. The summed E-state index contributed by atoms with van der Waals surface area (Å²) < 4.78 is 13.9. The number of hydrogen-bond acceptors (Lipinski definition) is 3. The number of nitrogens with one attached hydrogen (secondary N) is 1. The van der Waals surface area contributed by atoms with Crippen molar-refractivity contribution in [3.8, 4) is 21.7 Å². The number of nitrogens with zero attached hydrogens (tertiary/aromatic N) is 2. The van der Waals surface area contributed by atoms with E-state index in [2.05, 4.69) is 15.0 Å². The molecule has 3 nitrogen and oxygen atoms in total. The van der Waals surface area contributed by atoms with Crippen molar-refractivity contribution in [1.82, 2.24) is 15.0 Å². The highest BCUT2D eigenvalue weighted by molar-refractivity contribution is 7.13. The monoisotopic (exact) mass is 295 g/mol. The second-order valence-electron chi connectivity index (χ2n) is 4.64. The van der Waals surface area contributed by atoms with Gasteiger partial charge < -0.3 is 4.98 Å². The second-order valence-corrected chi connectivity index (χ2v) is 5.53. The van der Waals surface area contributed by atoms with E-state index in [9.17, 15) is 4.39 Å². The van der Waals surface area contributed by atoms with Crippen molar-refractivity contribution in [2.45, 2.75) is 0 Å². The fourth-order valence-corrected chi connectivity index (χ4v) is 3.05. The third-order valence-electron chi connectivity index (χ3n) is 3.38. The lowest BCUT2D eigenvalue weighted by Gasteiger charge is -2.03. The van der Waals surface area contributed by atoms with Crippen LogP contribution in [0.5, 0.6) is 0 Å². The van der Waals surface area contributed by atoms with E-state index >= 15 is 0 Å².